The normalized spacial score (nSPS) is 26.4. The molecule has 132 valence electrons. The van der Waals surface area contributed by atoms with Crippen molar-refractivity contribution in [1.29, 1.82) is 0 Å². The van der Waals surface area contributed by atoms with E-state index in [-0.39, 0.29) is 18.2 Å². The molecule has 6 nitrogen and oxygen atoms in total. The van der Waals surface area contributed by atoms with E-state index in [2.05, 4.69) is 4.90 Å². The second-order valence-electron chi connectivity index (χ2n) is 6.31. The summed E-state index contributed by atoms with van der Waals surface area (Å²) in [6, 6.07) is 7.56. The molecule has 1 fully saturated rings. The molecule has 0 aromatic heterocycles. The predicted molar refractivity (Wildman–Crippen MR) is 89.8 cm³/mol. The summed E-state index contributed by atoms with van der Waals surface area (Å²) in [4.78, 5) is 25.7. The van der Waals surface area contributed by atoms with Crippen LogP contribution in [-0.4, -0.2) is 55.6 Å². The van der Waals surface area contributed by atoms with Gasteiger partial charge in [0.1, 0.15) is 18.3 Å². The summed E-state index contributed by atoms with van der Waals surface area (Å²) in [5, 5.41) is 0. The van der Waals surface area contributed by atoms with Gasteiger partial charge in [-0.3, -0.25) is 14.5 Å². The fourth-order valence-corrected chi connectivity index (χ4v) is 3.12. The molecule has 1 aromatic carbocycles. The average Bonchev–Trinajstić information content (AvgIpc) is 2.55. The predicted octanol–water partition coefficient (Wildman–Crippen LogP) is 1.70. The third-order valence-electron chi connectivity index (χ3n) is 4.29. The van der Waals surface area contributed by atoms with Crippen LogP contribution in [0.5, 0.6) is 11.5 Å². The highest BCUT2D eigenvalue weighted by Gasteiger charge is 2.39. The first-order valence-corrected chi connectivity index (χ1v) is 7.74. The summed E-state index contributed by atoms with van der Waals surface area (Å²) >= 11 is 0. The number of piperidine rings is 1. The first-order valence-electron chi connectivity index (χ1n) is 7.74. The molecule has 2 aliphatic rings. The summed E-state index contributed by atoms with van der Waals surface area (Å²) in [6.45, 7) is 3.98. The van der Waals surface area contributed by atoms with Crippen LogP contribution in [0.15, 0.2) is 24.3 Å². The van der Waals surface area contributed by atoms with Crippen molar-refractivity contribution < 1.29 is 23.8 Å². The molecule has 0 N–H and O–H groups in total. The SMILES string of the molecule is COC(=O)C1CN(CC2(C)COc3ccccc3O2)CCC1=O.Cl. The standard InChI is InChI=1S/C17H21NO5.ClH/c1-17(11-22-14-5-3-4-6-15(14)23-17)10-18-8-7-13(19)12(9-18)16(20)21-2;/h3-6,12H,7-11H2,1-2H3;1H. The van der Waals surface area contributed by atoms with Crippen LogP contribution in [-0.2, 0) is 14.3 Å². The zero-order chi connectivity index (χ0) is 16.4. The molecule has 0 aliphatic carbocycles. The number of ketones is 1. The van der Waals surface area contributed by atoms with E-state index in [4.69, 9.17) is 14.2 Å². The zero-order valence-electron chi connectivity index (χ0n) is 13.8. The van der Waals surface area contributed by atoms with Gasteiger partial charge in [0.25, 0.3) is 0 Å². The van der Waals surface area contributed by atoms with Gasteiger partial charge in [0, 0.05) is 26.1 Å². The van der Waals surface area contributed by atoms with Gasteiger partial charge in [-0.25, -0.2) is 0 Å². The number of halogens is 1. The number of rotatable bonds is 3. The summed E-state index contributed by atoms with van der Waals surface area (Å²) in [6.07, 6.45) is 0.354. The highest BCUT2D eigenvalue weighted by atomic mass is 35.5. The number of para-hydroxylation sites is 2. The molecule has 2 aliphatic heterocycles. The van der Waals surface area contributed by atoms with Gasteiger partial charge in [-0.2, -0.15) is 0 Å². The van der Waals surface area contributed by atoms with Crippen molar-refractivity contribution >= 4 is 24.2 Å². The number of hydrogen-bond acceptors (Lipinski definition) is 6. The number of carbonyl (C=O) groups is 2. The number of fused-ring (bicyclic) bond motifs is 1. The Kier molecular flexibility index (Phi) is 5.72. The number of likely N-dealkylation sites (tertiary alicyclic amines) is 1. The quantitative estimate of drug-likeness (QED) is 0.607. The van der Waals surface area contributed by atoms with Gasteiger partial charge in [-0.15, -0.1) is 12.4 Å². The van der Waals surface area contributed by atoms with E-state index in [9.17, 15) is 9.59 Å². The Morgan fingerprint density at radius 3 is 2.79 bits per heavy atom. The Labute approximate surface area is 147 Å². The van der Waals surface area contributed by atoms with Crippen LogP contribution in [0, 0.1) is 5.92 Å². The summed E-state index contributed by atoms with van der Waals surface area (Å²) in [5.41, 5.74) is -0.518. The Hall–Kier alpha value is -1.79. The number of methoxy groups -OCH3 is 1. The topological polar surface area (TPSA) is 65.1 Å². The van der Waals surface area contributed by atoms with Crippen molar-refractivity contribution in [3.05, 3.63) is 24.3 Å². The van der Waals surface area contributed by atoms with Crippen LogP contribution < -0.4 is 9.47 Å². The molecule has 0 radical (unpaired) electrons. The Morgan fingerprint density at radius 1 is 1.38 bits per heavy atom. The lowest BCUT2D eigenvalue weighted by Crippen LogP contribution is -2.55. The average molecular weight is 356 g/mol. The van der Waals surface area contributed by atoms with Crippen molar-refractivity contribution in [3.8, 4) is 11.5 Å². The number of Topliss-reactive ketones (excluding diaryl/α,β-unsaturated/α-hetero) is 1. The second kappa shape index (κ2) is 7.40. The largest absolute Gasteiger partial charge is 0.485 e. The van der Waals surface area contributed by atoms with E-state index in [1.54, 1.807) is 0 Å². The molecular weight excluding hydrogens is 334 g/mol. The number of ether oxygens (including phenoxy) is 3. The molecule has 2 atom stereocenters. The van der Waals surface area contributed by atoms with Crippen LogP contribution >= 0.6 is 12.4 Å². The number of esters is 1. The molecule has 0 spiro atoms. The van der Waals surface area contributed by atoms with E-state index in [0.29, 0.717) is 32.7 Å². The molecule has 1 aromatic rings. The summed E-state index contributed by atoms with van der Waals surface area (Å²) < 4.78 is 16.6. The van der Waals surface area contributed by atoms with E-state index in [1.165, 1.54) is 7.11 Å². The van der Waals surface area contributed by atoms with Crippen LogP contribution in [0.3, 0.4) is 0 Å². The molecule has 3 rings (SSSR count). The third kappa shape index (κ3) is 3.82. The van der Waals surface area contributed by atoms with Crippen molar-refractivity contribution in [3.63, 3.8) is 0 Å². The first kappa shape index (κ1) is 18.5. The minimum absolute atomic E-state index is 0. The highest BCUT2D eigenvalue weighted by Crippen LogP contribution is 2.35. The minimum Gasteiger partial charge on any atom is -0.485 e. The van der Waals surface area contributed by atoms with E-state index < -0.39 is 17.5 Å². The van der Waals surface area contributed by atoms with Crippen LogP contribution in [0.1, 0.15) is 13.3 Å². The van der Waals surface area contributed by atoms with Crippen LogP contribution in [0.25, 0.3) is 0 Å². The molecule has 0 bridgehead atoms. The fraction of sp³-hybridized carbons (Fsp3) is 0.529. The molecule has 24 heavy (non-hydrogen) atoms. The van der Waals surface area contributed by atoms with Crippen molar-refractivity contribution in [2.75, 3.05) is 33.4 Å². The molecule has 1 saturated heterocycles. The molecule has 0 amide bonds. The van der Waals surface area contributed by atoms with E-state index in [0.717, 1.165) is 11.5 Å². The highest BCUT2D eigenvalue weighted by molar-refractivity contribution is 5.99. The van der Waals surface area contributed by atoms with Crippen LogP contribution in [0.4, 0.5) is 0 Å². The lowest BCUT2D eigenvalue weighted by atomic mass is 9.95. The number of nitrogens with zero attached hydrogens (tertiary/aromatic N) is 1. The van der Waals surface area contributed by atoms with Crippen molar-refractivity contribution in [2.24, 2.45) is 5.92 Å². The smallest absolute Gasteiger partial charge is 0.317 e. The fourth-order valence-electron chi connectivity index (χ4n) is 3.12. The number of carbonyl (C=O) groups excluding carboxylic acids is 2. The first-order chi connectivity index (χ1) is 11.0. The second-order valence-corrected chi connectivity index (χ2v) is 6.31. The van der Waals surface area contributed by atoms with Gasteiger partial charge in [0.05, 0.1) is 7.11 Å². The van der Waals surface area contributed by atoms with Gasteiger partial charge in [-0.05, 0) is 19.1 Å². The van der Waals surface area contributed by atoms with Gasteiger partial charge in [0.15, 0.2) is 17.1 Å². The summed E-state index contributed by atoms with van der Waals surface area (Å²) in [7, 11) is 1.31. The van der Waals surface area contributed by atoms with Crippen LogP contribution in [0.2, 0.25) is 0 Å². The summed E-state index contributed by atoms with van der Waals surface area (Å²) in [5.74, 6) is 0.250. The third-order valence-corrected chi connectivity index (χ3v) is 4.29. The molecule has 2 unspecified atom stereocenters. The Morgan fingerprint density at radius 2 is 2.08 bits per heavy atom. The van der Waals surface area contributed by atoms with Gasteiger partial charge in [-0.1, -0.05) is 12.1 Å². The lowest BCUT2D eigenvalue weighted by Gasteiger charge is -2.40. The Bertz CT molecular complexity index is 615. The number of hydrogen-bond donors (Lipinski definition) is 0. The molecule has 2 heterocycles. The van der Waals surface area contributed by atoms with Crippen molar-refractivity contribution in [1.82, 2.24) is 4.90 Å². The zero-order valence-corrected chi connectivity index (χ0v) is 14.6. The maximum atomic E-state index is 11.9. The molecule has 0 saturated carbocycles. The number of benzene rings is 1. The maximum Gasteiger partial charge on any atom is 0.317 e. The lowest BCUT2D eigenvalue weighted by molar-refractivity contribution is -0.152. The monoisotopic (exact) mass is 355 g/mol. The Balaban J connectivity index is 0.00000208. The minimum atomic E-state index is -0.700. The molecule has 7 heteroatoms. The van der Waals surface area contributed by atoms with Gasteiger partial charge in [0.2, 0.25) is 0 Å². The van der Waals surface area contributed by atoms with E-state index >= 15 is 0 Å². The van der Waals surface area contributed by atoms with Gasteiger partial charge >= 0.3 is 5.97 Å². The van der Waals surface area contributed by atoms with Gasteiger partial charge < -0.3 is 14.2 Å². The maximum absolute atomic E-state index is 11.9. The molecular formula is C17H22ClNO5. The van der Waals surface area contributed by atoms with E-state index in [1.807, 2.05) is 31.2 Å². The van der Waals surface area contributed by atoms with Crippen molar-refractivity contribution in [2.45, 2.75) is 18.9 Å².